The van der Waals surface area contributed by atoms with Crippen LogP contribution in [-0.2, 0) is 6.54 Å². The minimum Gasteiger partial charge on any atom is -0.395 e. The van der Waals surface area contributed by atoms with Gasteiger partial charge < -0.3 is 5.11 Å². The van der Waals surface area contributed by atoms with Crippen LogP contribution in [0.4, 0.5) is 0 Å². The first kappa shape index (κ1) is 11.7. The van der Waals surface area contributed by atoms with E-state index in [0.717, 1.165) is 19.5 Å². The van der Waals surface area contributed by atoms with E-state index in [9.17, 15) is 5.11 Å². The summed E-state index contributed by atoms with van der Waals surface area (Å²) in [6.07, 6.45) is 2.33. The van der Waals surface area contributed by atoms with Crippen molar-refractivity contribution in [3.63, 3.8) is 0 Å². The molecule has 18 heavy (non-hydrogen) atoms. The van der Waals surface area contributed by atoms with Gasteiger partial charge in [0, 0.05) is 12.6 Å². The SMILES string of the molecule is OCC1CCCN1Cc1cccc2ccccc12. The van der Waals surface area contributed by atoms with Gasteiger partial charge in [-0.05, 0) is 35.7 Å². The Morgan fingerprint density at radius 2 is 1.94 bits per heavy atom. The van der Waals surface area contributed by atoms with Gasteiger partial charge in [-0.3, -0.25) is 4.90 Å². The lowest BCUT2D eigenvalue weighted by molar-refractivity contribution is 0.154. The molecule has 1 aliphatic heterocycles. The highest BCUT2D eigenvalue weighted by Gasteiger charge is 2.23. The van der Waals surface area contributed by atoms with Crippen LogP contribution in [0.15, 0.2) is 42.5 Å². The van der Waals surface area contributed by atoms with Gasteiger partial charge in [0.2, 0.25) is 0 Å². The normalized spacial score (nSPS) is 20.6. The number of aliphatic hydroxyl groups excluding tert-OH is 1. The molecule has 2 heteroatoms. The van der Waals surface area contributed by atoms with Crippen molar-refractivity contribution in [3.05, 3.63) is 48.0 Å². The summed E-state index contributed by atoms with van der Waals surface area (Å²) in [5, 5.41) is 12.0. The van der Waals surface area contributed by atoms with Crippen molar-refractivity contribution >= 4 is 10.8 Å². The minimum atomic E-state index is 0.283. The number of hydrogen-bond donors (Lipinski definition) is 1. The van der Waals surface area contributed by atoms with Crippen molar-refractivity contribution in [1.82, 2.24) is 4.90 Å². The third-order valence-electron chi connectivity index (χ3n) is 3.96. The summed E-state index contributed by atoms with van der Waals surface area (Å²) in [5.41, 5.74) is 1.37. The number of rotatable bonds is 3. The van der Waals surface area contributed by atoms with E-state index in [1.807, 2.05) is 0 Å². The van der Waals surface area contributed by atoms with E-state index in [4.69, 9.17) is 0 Å². The molecule has 1 heterocycles. The smallest absolute Gasteiger partial charge is 0.0587 e. The minimum absolute atomic E-state index is 0.283. The second kappa shape index (κ2) is 5.09. The highest BCUT2D eigenvalue weighted by molar-refractivity contribution is 5.85. The molecule has 0 bridgehead atoms. The first-order valence-corrected chi connectivity index (χ1v) is 6.70. The summed E-state index contributed by atoms with van der Waals surface area (Å²) in [6, 6.07) is 15.4. The molecule has 1 unspecified atom stereocenters. The standard InChI is InChI=1S/C16H19NO/c18-12-15-8-4-10-17(15)11-14-7-3-6-13-5-1-2-9-16(13)14/h1-3,5-7,9,15,18H,4,8,10-12H2. The van der Waals surface area contributed by atoms with E-state index < -0.39 is 0 Å². The number of fused-ring (bicyclic) bond motifs is 1. The van der Waals surface area contributed by atoms with Crippen molar-refractivity contribution in [2.24, 2.45) is 0 Å². The van der Waals surface area contributed by atoms with Crippen LogP contribution in [-0.4, -0.2) is 29.2 Å². The number of nitrogens with zero attached hydrogens (tertiary/aromatic N) is 1. The van der Waals surface area contributed by atoms with E-state index >= 15 is 0 Å². The van der Waals surface area contributed by atoms with Crippen LogP contribution in [0.25, 0.3) is 10.8 Å². The van der Waals surface area contributed by atoms with Crippen molar-refractivity contribution < 1.29 is 5.11 Å². The Labute approximate surface area is 108 Å². The molecule has 1 aliphatic rings. The number of hydrogen-bond acceptors (Lipinski definition) is 2. The maximum absolute atomic E-state index is 9.39. The lowest BCUT2D eigenvalue weighted by atomic mass is 10.0. The highest BCUT2D eigenvalue weighted by atomic mass is 16.3. The Balaban J connectivity index is 1.90. The number of likely N-dealkylation sites (tertiary alicyclic amines) is 1. The predicted octanol–water partition coefficient (Wildman–Crippen LogP) is 2.80. The van der Waals surface area contributed by atoms with Crippen molar-refractivity contribution in [2.75, 3.05) is 13.2 Å². The third kappa shape index (κ3) is 2.14. The summed E-state index contributed by atoms with van der Waals surface area (Å²) in [5.74, 6) is 0. The third-order valence-corrected chi connectivity index (χ3v) is 3.96. The van der Waals surface area contributed by atoms with Crippen LogP contribution in [0, 0.1) is 0 Å². The zero-order chi connectivity index (χ0) is 12.4. The summed E-state index contributed by atoms with van der Waals surface area (Å²) < 4.78 is 0. The zero-order valence-corrected chi connectivity index (χ0v) is 10.5. The molecule has 0 radical (unpaired) electrons. The van der Waals surface area contributed by atoms with Crippen molar-refractivity contribution in [1.29, 1.82) is 0 Å². The number of aliphatic hydroxyl groups is 1. The topological polar surface area (TPSA) is 23.5 Å². The predicted molar refractivity (Wildman–Crippen MR) is 74.5 cm³/mol. The lowest BCUT2D eigenvalue weighted by Gasteiger charge is -2.23. The van der Waals surface area contributed by atoms with Gasteiger partial charge in [0.1, 0.15) is 0 Å². The van der Waals surface area contributed by atoms with E-state index in [1.54, 1.807) is 0 Å². The Kier molecular flexibility index (Phi) is 3.31. The second-order valence-corrected chi connectivity index (χ2v) is 5.09. The van der Waals surface area contributed by atoms with Gasteiger partial charge in [-0.1, -0.05) is 42.5 Å². The Bertz CT molecular complexity index is 532. The van der Waals surface area contributed by atoms with Crippen LogP contribution in [0.1, 0.15) is 18.4 Å². The largest absolute Gasteiger partial charge is 0.395 e. The Hall–Kier alpha value is -1.38. The Morgan fingerprint density at radius 1 is 1.11 bits per heavy atom. The molecule has 1 N–H and O–H groups in total. The molecule has 1 atom stereocenters. The maximum atomic E-state index is 9.39. The molecular formula is C16H19NO. The van der Waals surface area contributed by atoms with Gasteiger partial charge in [-0.25, -0.2) is 0 Å². The average molecular weight is 241 g/mol. The molecule has 0 saturated carbocycles. The van der Waals surface area contributed by atoms with Gasteiger partial charge in [0.25, 0.3) is 0 Å². The van der Waals surface area contributed by atoms with Crippen LogP contribution < -0.4 is 0 Å². The summed E-state index contributed by atoms with van der Waals surface area (Å²) in [7, 11) is 0. The first-order chi connectivity index (χ1) is 8.88. The van der Waals surface area contributed by atoms with Crippen LogP contribution >= 0.6 is 0 Å². The molecule has 0 amide bonds. The van der Waals surface area contributed by atoms with Gasteiger partial charge in [0.05, 0.1) is 6.61 Å². The molecule has 94 valence electrons. The van der Waals surface area contributed by atoms with Gasteiger partial charge >= 0.3 is 0 Å². The van der Waals surface area contributed by atoms with Crippen LogP contribution in [0.5, 0.6) is 0 Å². The van der Waals surface area contributed by atoms with Gasteiger partial charge in [0.15, 0.2) is 0 Å². The molecule has 2 aromatic carbocycles. The molecular weight excluding hydrogens is 222 g/mol. The fourth-order valence-electron chi connectivity index (χ4n) is 2.96. The lowest BCUT2D eigenvalue weighted by Crippen LogP contribution is -2.31. The number of benzene rings is 2. The van der Waals surface area contributed by atoms with Crippen LogP contribution in [0.2, 0.25) is 0 Å². The van der Waals surface area contributed by atoms with E-state index in [1.165, 1.54) is 22.8 Å². The van der Waals surface area contributed by atoms with Gasteiger partial charge in [-0.15, -0.1) is 0 Å². The Morgan fingerprint density at radius 3 is 2.83 bits per heavy atom. The average Bonchev–Trinajstić information content (AvgIpc) is 2.86. The van der Waals surface area contributed by atoms with Crippen molar-refractivity contribution in [3.8, 4) is 0 Å². The second-order valence-electron chi connectivity index (χ2n) is 5.09. The van der Waals surface area contributed by atoms with Gasteiger partial charge in [-0.2, -0.15) is 0 Å². The quantitative estimate of drug-likeness (QED) is 0.893. The maximum Gasteiger partial charge on any atom is 0.0587 e. The molecule has 0 aliphatic carbocycles. The highest BCUT2D eigenvalue weighted by Crippen LogP contribution is 2.24. The van der Waals surface area contributed by atoms with E-state index in [-0.39, 0.29) is 6.61 Å². The van der Waals surface area contributed by atoms with E-state index in [2.05, 4.69) is 47.4 Å². The van der Waals surface area contributed by atoms with Crippen molar-refractivity contribution in [2.45, 2.75) is 25.4 Å². The molecule has 2 nitrogen and oxygen atoms in total. The molecule has 0 aromatic heterocycles. The molecule has 1 fully saturated rings. The summed E-state index contributed by atoms with van der Waals surface area (Å²) >= 11 is 0. The molecule has 2 aromatic rings. The fraction of sp³-hybridized carbons (Fsp3) is 0.375. The molecule has 1 saturated heterocycles. The van der Waals surface area contributed by atoms with Crippen LogP contribution in [0.3, 0.4) is 0 Å². The monoisotopic (exact) mass is 241 g/mol. The summed E-state index contributed by atoms with van der Waals surface area (Å²) in [4.78, 5) is 2.40. The molecule has 3 rings (SSSR count). The van der Waals surface area contributed by atoms with E-state index in [0.29, 0.717) is 6.04 Å². The first-order valence-electron chi connectivity index (χ1n) is 6.70. The summed E-state index contributed by atoms with van der Waals surface area (Å²) in [6.45, 7) is 2.34. The zero-order valence-electron chi connectivity index (χ0n) is 10.5. The fourth-order valence-corrected chi connectivity index (χ4v) is 2.96. The molecule has 0 spiro atoms.